The largest absolute Gasteiger partial charge is 0.392 e. The van der Waals surface area contributed by atoms with Crippen molar-refractivity contribution in [2.75, 3.05) is 0 Å². The molecule has 1 N–H and O–H groups in total. The Bertz CT molecular complexity index is 450. The van der Waals surface area contributed by atoms with Crippen LogP contribution in [-0.2, 0) is 6.61 Å². The summed E-state index contributed by atoms with van der Waals surface area (Å²) in [4.78, 5) is 0. The molecule has 0 unspecified atom stereocenters. The number of benzene rings is 1. The van der Waals surface area contributed by atoms with E-state index in [0.29, 0.717) is 10.0 Å². The van der Waals surface area contributed by atoms with Crippen LogP contribution in [0.25, 0.3) is 10.1 Å². The molecule has 0 aliphatic carbocycles. The first-order valence-corrected chi connectivity index (χ1v) is 5.32. The average Bonchev–Trinajstić information content (AvgIpc) is 2.50. The number of fused-ring (bicyclic) bond motifs is 1. The third kappa shape index (κ3) is 1.44. The lowest BCUT2D eigenvalue weighted by molar-refractivity contribution is 0.283. The second-order valence-electron chi connectivity index (χ2n) is 2.65. The third-order valence-electron chi connectivity index (χ3n) is 1.88. The normalized spacial score (nSPS) is 11.0. The van der Waals surface area contributed by atoms with Crippen LogP contribution in [0.3, 0.4) is 0 Å². The molecule has 0 radical (unpaired) electrons. The molecule has 2 aromatic rings. The van der Waals surface area contributed by atoms with Gasteiger partial charge in [-0.2, -0.15) is 0 Å². The smallest absolute Gasteiger partial charge is 0.0695 e. The highest BCUT2D eigenvalue weighted by Crippen LogP contribution is 2.37. The molecule has 0 amide bonds. The molecule has 0 atom stereocenters. The van der Waals surface area contributed by atoms with Gasteiger partial charge in [-0.25, -0.2) is 0 Å². The summed E-state index contributed by atoms with van der Waals surface area (Å²) < 4.78 is 0.972. The molecular weight excluding hydrogens is 227 g/mol. The lowest BCUT2D eigenvalue weighted by Crippen LogP contribution is -1.82. The van der Waals surface area contributed by atoms with Crippen LogP contribution in [0.2, 0.25) is 10.0 Å². The summed E-state index contributed by atoms with van der Waals surface area (Å²) in [7, 11) is 0. The summed E-state index contributed by atoms with van der Waals surface area (Å²) in [6.45, 7) is 0.0184. The summed E-state index contributed by atoms with van der Waals surface area (Å²) in [6.07, 6.45) is 0. The van der Waals surface area contributed by atoms with Crippen LogP contribution in [0.15, 0.2) is 17.5 Å². The zero-order chi connectivity index (χ0) is 9.42. The SMILES string of the molecule is OCc1ccc(Cl)c2c(Cl)csc12. The van der Waals surface area contributed by atoms with Gasteiger partial charge in [0.2, 0.25) is 0 Å². The second-order valence-corrected chi connectivity index (χ2v) is 4.35. The number of aliphatic hydroxyl groups is 1. The van der Waals surface area contributed by atoms with Gasteiger partial charge in [-0.1, -0.05) is 29.3 Å². The predicted molar refractivity (Wildman–Crippen MR) is 57.8 cm³/mol. The zero-order valence-electron chi connectivity index (χ0n) is 6.55. The van der Waals surface area contributed by atoms with Gasteiger partial charge < -0.3 is 5.11 Å². The van der Waals surface area contributed by atoms with E-state index in [1.165, 1.54) is 11.3 Å². The van der Waals surface area contributed by atoms with Gasteiger partial charge >= 0.3 is 0 Å². The molecule has 2 rings (SSSR count). The fraction of sp³-hybridized carbons (Fsp3) is 0.111. The first-order chi connectivity index (χ1) is 6.24. The second kappa shape index (κ2) is 3.46. The number of halogens is 2. The van der Waals surface area contributed by atoms with E-state index in [9.17, 15) is 0 Å². The molecule has 0 aliphatic heterocycles. The molecule has 1 heterocycles. The van der Waals surface area contributed by atoms with Crippen molar-refractivity contribution in [2.45, 2.75) is 6.61 Å². The number of rotatable bonds is 1. The highest BCUT2D eigenvalue weighted by Gasteiger charge is 2.09. The standard InChI is InChI=1S/C9H6Cl2OS/c10-6-2-1-5(3-12)9-8(6)7(11)4-13-9/h1-2,4,12H,3H2. The maximum Gasteiger partial charge on any atom is 0.0695 e. The molecule has 0 spiro atoms. The molecule has 13 heavy (non-hydrogen) atoms. The number of thiophene rings is 1. The van der Waals surface area contributed by atoms with E-state index >= 15 is 0 Å². The van der Waals surface area contributed by atoms with Gasteiger partial charge in [0.15, 0.2) is 0 Å². The van der Waals surface area contributed by atoms with E-state index in [4.69, 9.17) is 28.3 Å². The van der Waals surface area contributed by atoms with E-state index in [2.05, 4.69) is 0 Å². The highest BCUT2D eigenvalue weighted by atomic mass is 35.5. The van der Waals surface area contributed by atoms with E-state index < -0.39 is 0 Å². The van der Waals surface area contributed by atoms with Crippen LogP contribution in [0.5, 0.6) is 0 Å². The Morgan fingerprint density at radius 1 is 1.23 bits per heavy atom. The zero-order valence-corrected chi connectivity index (χ0v) is 8.88. The van der Waals surface area contributed by atoms with E-state index in [0.717, 1.165) is 15.6 Å². The van der Waals surface area contributed by atoms with Crippen molar-refractivity contribution in [3.8, 4) is 0 Å². The van der Waals surface area contributed by atoms with Gasteiger partial charge in [0.25, 0.3) is 0 Å². The summed E-state index contributed by atoms with van der Waals surface area (Å²) in [5, 5.41) is 13.0. The van der Waals surface area contributed by atoms with Gasteiger partial charge in [-0.15, -0.1) is 11.3 Å². The molecule has 0 saturated heterocycles. The van der Waals surface area contributed by atoms with E-state index in [1.54, 1.807) is 6.07 Å². The van der Waals surface area contributed by atoms with Gasteiger partial charge in [-0.05, 0) is 11.6 Å². The molecule has 0 fully saturated rings. The van der Waals surface area contributed by atoms with Crippen LogP contribution in [0, 0.1) is 0 Å². The van der Waals surface area contributed by atoms with Crippen LogP contribution >= 0.6 is 34.5 Å². The van der Waals surface area contributed by atoms with Gasteiger partial charge in [0, 0.05) is 15.5 Å². The van der Waals surface area contributed by atoms with Crippen LogP contribution in [0.4, 0.5) is 0 Å². The van der Waals surface area contributed by atoms with Gasteiger partial charge in [0.05, 0.1) is 16.7 Å². The molecule has 0 bridgehead atoms. The first-order valence-electron chi connectivity index (χ1n) is 3.69. The van der Waals surface area contributed by atoms with Crippen LogP contribution in [0.1, 0.15) is 5.56 Å². The summed E-state index contributed by atoms with van der Waals surface area (Å²) in [6, 6.07) is 3.57. The van der Waals surface area contributed by atoms with Crippen LogP contribution in [-0.4, -0.2) is 5.11 Å². The molecule has 0 saturated carbocycles. The Balaban J connectivity index is 2.87. The highest BCUT2D eigenvalue weighted by molar-refractivity contribution is 7.18. The fourth-order valence-corrected chi connectivity index (χ4v) is 2.96. The topological polar surface area (TPSA) is 20.2 Å². The minimum atomic E-state index is 0.0184. The van der Waals surface area contributed by atoms with E-state index in [1.807, 2.05) is 11.4 Å². The minimum Gasteiger partial charge on any atom is -0.392 e. The Morgan fingerprint density at radius 2 is 2.00 bits per heavy atom. The summed E-state index contributed by atoms with van der Waals surface area (Å²) >= 11 is 13.4. The van der Waals surface area contributed by atoms with Crippen molar-refractivity contribution >= 4 is 44.6 Å². The number of hydrogen-bond donors (Lipinski definition) is 1. The van der Waals surface area contributed by atoms with Gasteiger partial charge in [-0.3, -0.25) is 0 Å². The molecular formula is C9H6Cl2OS. The van der Waals surface area contributed by atoms with Crippen molar-refractivity contribution in [1.29, 1.82) is 0 Å². The third-order valence-corrected chi connectivity index (χ3v) is 3.68. The molecule has 0 aliphatic rings. The maximum absolute atomic E-state index is 9.06. The molecule has 4 heteroatoms. The number of aliphatic hydroxyl groups excluding tert-OH is 1. The molecule has 1 nitrogen and oxygen atoms in total. The van der Waals surface area contributed by atoms with Gasteiger partial charge in [0.1, 0.15) is 0 Å². The Morgan fingerprint density at radius 3 is 2.69 bits per heavy atom. The summed E-state index contributed by atoms with van der Waals surface area (Å²) in [5.74, 6) is 0. The monoisotopic (exact) mass is 232 g/mol. The number of hydrogen-bond acceptors (Lipinski definition) is 2. The quantitative estimate of drug-likeness (QED) is 0.796. The lowest BCUT2D eigenvalue weighted by atomic mass is 10.2. The van der Waals surface area contributed by atoms with Crippen LogP contribution < -0.4 is 0 Å². The van der Waals surface area contributed by atoms with Crippen molar-refractivity contribution in [2.24, 2.45) is 0 Å². The Hall–Kier alpha value is -0.280. The summed E-state index contributed by atoms with van der Waals surface area (Å²) in [5.41, 5.74) is 0.872. The maximum atomic E-state index is 9.06. The molecule has 1 aromatic heterocycles. The lowest BCUT2D eigenvalue weighted by Gasteiger charge is -2.00. The fourth-order valence-electron chi connectivity index (χ4n) is 1.25. The van der Waals surface area contributed by atoms with Crippen molar-refractivity contribution in [3.05, 3.63) is 33.1 Å². The first kappa shape index (κ1) is 9.28. The van der Waals surface area contributed by atoms with Crippen molar-refractivity contribution in [3.63, 3.8) is 0 Å². The molecule has 68 valence electrons. The average molecular weight is 233 g/mol. The minimum absolute atomic E-state index is 0.0184. The molecule has 1 aromatic carbocycles. The Labute approximate surface area is 89.5 Å². The Kier molecular flexibility index (Phi) is 2.47. The van der Waals surface area contributed by atoms with Crippen molar-refractivity contribution in [1.82, 2.24) is 0 Å². The van der Waals surface area contributed by atoms with Crippen molar-refractivity contribution < 1.29 is 5.11 Å². The predicted octanol–water partition coefficient (Wildman–Crippen LogP) is 3.70. The van der Waals surface area contributed by atoms with E-state index in [-0.39, 0.29) is 6.61 Å².